The van der Waals surface area contributed by atoms with Gasteiger partial charge >= 0.3 is 0 Å². The van der Waals surface area contributed by atoms with Crippen LogP contribution in [0.15, 0.2) is 52.6 Å². The first-order valence-corrected chi connectivity index (χ1v) is 10.9. The lowest BCUT2D eigenvalue weighted by Gasteiger charge is -2.25. The van der Waals surface area contributed by atoms with E-state index < -0.39 is 0 Å². The molecule has 31 heavy (non-hydrogen) atoms. The molecule has 1 aliphatic heterocycles. The van der Waals surface area contributed by atoms with E-state index in [2.05, 4.69) is 10.3 Å². The van der Waals surface area contributed by atoms with E-state index in [1.165, 1.54) is 11.3 Å². The van der Waals surface area contributed by atoms with Crippen molar-refractivity contribution in [1.29, 1.82) is 0 Å². The Balaban J connectivity index is 1.73. The van der Waals surface area contributed by atoms with Gasteiger partial charge in [-0.15, -0.1) is 11.3 Å². The van der Waals surface area contributed by atoms with Crippen LogP contribution in [-0.4, -0.2) is 35.3 Å². The first kappa shape index (κ1) is 19.6. The molecule has 0 amide bonds. The number of aromatic nitrogens is 2. The zero-order valence-electron chi connectivity index (χ0n) is 17.2. The summed E-state index contributed by atoms with van der Waals surface area (Å²) in [7, 11) is 3.19. The zero-order valence-corrected chi connectivity index (χ0v) is 18.0. The minimum Gasteiger partial charge on any atom is -0.493 e. The van der Waals surface area contributed by atoms with Gasteiger partial charge in [0.05, 0.1) is 26.5 Å². The maximum Gasteiger partial charge on any atom is 0.272 e. The van der Waals surface area contributed by atoms with Gasteiger partial charge in [-0.25, -0.2) is 0 Å². The molecular weight excluding hydrogens is 414 g/mol. The molecule has 0 fully saturated rings. The van der Waals surface area contributed by atoms with E-state index in [1.807, 2.05) is 47.8 Å². The van der Waals surface area contributed by atoms with Crippen molar-refractivity contribution in [3.8, 4) is 28.6 Å². The summed E-state index contributed by atoms with van der Waals surface area (Å²) in [4.78, 5) is 18.5. The van der Waals surface area contributed by atoms with Crippen LogP contribution in [0.4, 0.5) is 0 Å². The molecule has 158 valence electrons. The van der Waals surface area contributed by atoms with E-state index in [9.17, 15) is 9.90 Å². The Labute approximate surface area is 182 Å². The smallest absolute Gasteiger partial charge is 0.272 e. The highest BCUT2D eigenvalue weighted by atomic mass is 32.1. The summed E-state index contributed by atoms with van der Waals surface area (Å²) in [6, 6.07) is 13.2. The fourth-order valence-corrected chi connectivity index (χ4v) is 5.17. The predicted octanol–water partition coefficient (Wildman–Crippen LogP) is 2.35. The number of ether oxygens (including phenoxy) is 2. The Morgan fingerprint density at radius 3 is 2.65 bits per heavy atom. The first-order valence-electron chi connectivity index (χ1n) is 9.99. The average molecular weight is 437 g/mol. The van der Waals surface area contributed by atoms with Crippen molar-refractivity contribution in [2.45, 2.75) is 12.5 Å². The van der Waals surface area contributed by atoms with Gasteiger partial charge in [0.1, 0.15) is 11.6 Å². The summed E-state index contributed by atoms with van der Waals surface area (Å²) in [5, 5.41) is 14.7. The van der Waals surface area contributed by atoms with Crippen LogP contribution < -0.4 is 20.3 Å². The molecule has 1 aliphatic rings. The molecule has 0 spiro atoms. The highest BCUT2D eigenvalue weighted by Crippen LogP contribution is 2.36. The number of methoxy groups -OCH3 is 2. The topological polar surface area (TPSA) is 89.7 Å². The Kier molecular flexibility index (Phi) is 4.88. The molecule has 0 saturated heterocycles. The molecule has 1 atom stereocenters. The number of rotatable bonds is 4. The summed E-state index contributed by atoms with van der Waals surface area (Å²) in [6.07, 6.45) is 0.831. The second kappa shape index (κ2) is 7.72. The van der Waals surface area contributed by atoms with Crippen molar-refractivity contribution in [3.63, 3.8) is 0 Å². The summed E-state index contributed by atoms with van der Waals surface area (Å²) < 4.78 is 12.5. The van der Waals surface area contributed by atoms with E-state index in [4.69, 9.17) is 9.47 Å². The largest absolute Gasteiger partial charge is 0.493 e. The first-order chi connectivity index (χ1) is 15.1. The molecule has 0 radical (unpaired) electrons. The highest BCUT2D eigenvalue weighted by molar-refractivity contribution is 7.15. The van der Waals surface area contributed by atoms with Crippen molar-refractivity contribution in [1.82, 2.24) is 9.38 Å². The Morgan fingerprint density at radius 1 is 1.16 bits per heavy atom. The number of quaternary nitrogens is 1. The van der Waals surface area contributed by atoms with Crippen LogP contribution in [0.25, 0.3) is 16.2 Å². The van der Waals surface area contributed by atoms with Gasteiger partial charge in [-0.1, -0.05) is 30.3 Å². The van der Waals surface area contributed by atoms with Crippen LogP contribution in [-0.2, 0) is 6.42 Å². The van der Waals surface area contributed by atoms with Crippen molar-refractivity contribution in [3.05, 3.63) is 74.9 Å². The summed E-state index contributed by atoms with van der Waals surface area (Å²) >= 11 is 1.33. The van der Waals surface area contributed by atoms with Crippen LogP contribution in [0, 0.1) is 0 Å². The normalized spacial score (nSPS) is 15.6. The number of thiazole rings is 1. The molecule has 8 heteroatoms. The van der Waals surface area contributed by atoms with Crippen molar-refractivity contribution in [2.24, 2.45) is 0 Å². The molecule has 7 nitrogen and oxygen atoms in total. The van der Waals surface area contributed by atoms with E-state index >= 15 is 0 Å². The number of nitrogens with two attached hydrogens (primary N) is 1. The van der Waals surface area contributed by atoms with Gasteiger partial charge in [-0.05, 0) is 23.3 Å². The molecule has 4 aromatic rings. The maximum atomic E-state index is 13.7. The monoisotopic (exact) mass is 436 g/mol. The highest BCUT2D eigenvalue weighted by Gasteiger charge is 2.33. The van der Waals surface area contributed by atoms with Gasteiger partial charge in [-0.3, -0.25) is 9.20 Å². The second-order valence-corrected chi connectivity index (χ2v) is 8.25. The van der Waals surface area contributed by atoms with Crippen LogP contribution in [0.2, 0.25) is 0 Å². The van der Waals surface area contributed by atoms with E-state index in [0.717, 1.165) is 35.3 Å². The third-order valence-electron chi connectivity index (χ3n) is 5.76. The van der Waals surface area contributed by atoms with Gasteiger partial charge in [0.25, 0.3) is 5.56 Å². The summed E-state index contributed by atoms with van der Waals surface area (Å²) in [6.45, 7) is 0.782. The molecule has 3 N–H and O–H groups in total. The molecule has 5 rings (SSSR count). The average Bonchev–Trinajstić information content (AvgIpc) is 3.22. The van der Waals surface area contributed by atoms with Crippen LogP contribution in [0.3, 0.4) is 0 Å². The van der Waals surface area contributed by atoms with Gasteiger partial charge in [0.2, 0.25) is 5.88 Å². The zero-order chi connectivity index (χ0) is 21.5. The number of benzene rings is 2. The maximum absolute atomic E-state index is 13.7. The lowest BCUT2D eigenvalue weighted by Crippen LogP contribution is -2.87. The Bertz CT molecular complexity index is 1330. The standard InChI is InChI=1S/C23H21N3O4S/c1-29-17-10-14-8-9-24-20(15(14)11-18(17)30-2)19-21(27)25-23-26(22(19)28)16(12-31-23)13-6-4-3-5-7-13/h3-7,10-12,20,24,27H,8-9H2,1-2H3/p+1/t20-/m0/s1. The van der Waals surface area contributed by atoms with Gasteiger partial charge in [-0.2, -0.15) is 4.98 Å². The molecular formula is C23H22N3O4S+. The number of hydrogen-bond donors (Lipinski definition) is 2. The SMILES string of the molecule is COc1cc2c(cc1OC)[C@@H](c1c(O)nc3scc(-c4ccccc4)n3c1=O)[NH2+]CC2. The number of fused-ring (bicyclic) bond motifs is 2. The number of aromatic hydroxyl groups is 1. The lowest BCUT2D eigenvalue weighted by atomic mass is 9.90. The fourth-order valence-electron chi connectivity index (χ4n) is 4.28. The van der Waals surface area contributed by atoms with Gasteiger partial charge < -0.3 is 19.9 Å². The molecule has 2 aromatic carbocycles. The quantitative estimate of drug-likeness (QED) is 0.513. The van der Waals surface area contributed by atoms with E-state index in [1.54, 1.807) is 18.6 Å². The Hall–Kier alpha value is -3.36. The molecule has 0 aliphatic carbocycles. The van der Waals surface area contributed by atoms with Crippen molar-refractivity contribution < 1.29 is 19.9 Å². The Morgan fingerprint density at radius 2 is 1.90 bits per heavy atom. The van der Waals surface area contributed by atoms with Crippen LogP contribution in [0.5, 0.6) is 17.4 Å². The third kappa shape index (κ3) is 3.15. The molecule has 0 unspecified atom stereocenters. The van der Waals surface area contributed by atoms with Gasteiger partial charge in [0.15, 0.2) is 16.5 Å². The van der Waals surface area contributed by atoms with Crippen molar-refractivity contribution >= 4 is 16.3 Å². The summed E-state index contributed by atoms with van der Waals surface area (Å²) in [5.41, 5.74) is 3.71. The molecule has 0 bridgehead atoms. The molecule has 2 aromatic heterocycles. The number of nitrogens with zero attached hydrogens (tertiary/aromatic N) is 2. The lowest BCUT2D eigenvalue weighted by molar-refractivity contribution is -0.690. The predicted molar refractivity (Wildman–Crippen MR) is 118 cm³/mol. The second-order valence-electron chi connectivity index (χ2n) is 7.42. The minimum atomic E-state index is -0.385. The molecule has 3 heterocycles. The van der Waals surface area contributed by atoms with Crippen molar-refractivity contribution in [2.75, 3.05) is 20.8 Å². The van der Waals surface area contributed by atoms with Crippen LogP contribution in [0.1, 0.15) is 22.7 Å². The van der Waals surface area contributed by atoms with Gasteiger partial charge in [0, 0.05) is 17.4 Å². The third-order valence-corrected chi connectivity index (χ3v) is 6.59. The summed E-state index contributed by atoms with van der Waals surface area (Å²) in [5.74, 6) is 1.02. The van der Waals surface area contributed by atoms with Crippen LogP contribution >= 0.6 is 11.3 Å². The van der Waals surface area contributed by atoms with E-state index in [-0.39, 0.29) is 23.0 Å². The molecule has 0 saturated carbocycles. The number of hydrogen-bond acceptors (Lipinski definition) is 6. The minimum absolute atomic E-state index is 0.227. The fraction of sp³-hybridized carbons (Fsp3) is 0.217. The van der Waals surface area contributed by atoms with E-state index in [0.29, 0.717) is 16.5 Å².